The van der Waals surface area contributed by atoms with Crippen LogP contribution in [0.1, 0.15) is 12.2 Å². The Labute approximate surface area is 87.5 Å². The molecule has 1 heterocycles. The summed E-state index contributed by atoms with van der Waals surface area (Å²) in [6, 6.07) is 7.69. The van der Waals surface area contributed by atoms with Crippen molar-refractivity contribution in [3.63, 3.8) is 0 Å². The third-order valence-electron chi connectivity index (χ3n) is 2.05. The lowest BCUT2D eigenvalue weighted by atomic mass is 10.3. The topological polar surface area (TPSA) is 61.7 Å². The number of nitrogens with zero attached hydrogens (tertiary/aromatic N) is 2. The fourth-order valence-corrected chi connectivity index (χ4v) is 1.42. The van der Waals surface area contributed by atoms with Crippen molar-refractivity contribution in [2.45, 2.75) is 13.3 Å². The van der Waals surface area contributed by atoms with E-state index in [1.807, 2.05) is 31.2 Å². The molecule has 0 unspecified atom stereocenters. The maximum absolute atomic E-state index is 8.37. The second kappa shape index (κ2) is 4.01. The molecule has 0 bridgehead atoms. The van der Waals surface area contributed by atoms with Gasteiger partial charge in [-0.3, -0.25) is 0 Å². The van der Waals surface area contributed by atoms with Crippen LogP contribution >= 0.6 is 0 Å². The van der Waals surface area contributed by atoms with Gasteiger partial charge in [-0.05, 0) is 19.1 Å². The van der Waals surface area contributed by atoms with Crippen molar-refractivity contribution < 1.29 is 4.74 Å². The van der Waals surface area contributed by atoms with Crippen molar-refractivity contribution in [2.75, 3.05) is 6.61 Å². The summed E-state index contributed by atoms with van der Waals surface area (Å²) in [5.41, 5.74) is 1.89. The molecule has 0 spiro atoms. The van der Waals surface area contributed by atoms with Crippen LogP contribution in [0.15, 0.2) is 18.2 Å². The van der Waals surface area contributed by atoms with E-state index in [1.165, 1.54) is 0 Å². The summed E-state index contributed by atoms with van der Waals surface area (Å²) >= 11 is 0. The number of H-pyrrole nitrogens is 1. The van der Waals surface area contributed by atoms with Crippen molar-refractivity contribution in [1.82, 2.24) is 9.97 Å². The minimum atomic E-state index is 0.403. The fourth-order valence-electron chi connectivity index (χ4n) is 1.42. The Morgan fingerprint density at radius 2 is 2.40 bits per heavy atom. The van der Waals surface area contributed by atoms with Gasteiger partial charge in [0.15, 0.2) is 0 Å². The minimum absolute atomic E-state index is 0.403. The standard InChI is InChI=1S/C11H11N3O/c1-8-13-10-4-3-9(7-11(10)14-8)15-6-2-5-12/h3-4,7H,2,6H2,1H3,(H,13,14). The summed E-state index contributed by atoms with van der Waals surface area (Å²) in [6.07, 6.45) is 0.403. The number of nitriles is 1. The molecule has 4 nitrogen and oxygen atoms in total. The van der Waals surface area contributed by atoms with E-state index in [4.69, 9.17) is 10.00 Å². The van der Waals surface area contributed by atoms with Gasteiger partial charge in [0.1, 0.15) is 18.2 Å². The summed E-state index contributed by atoms with van der Waals surface area (Å²) < 4.78 is 5.39. The molecule has 0 atom stereocenters. The van der Waals surface area contributed by atoms with Gasteiger partial charge < -0.3 is 9.72 Å². The van der Waals surface area contributed by atoms with Gasteiger partial charge in [-0.15, -0.1) is 0 Å². The van der Waals surface area contributed by atoms with E-state index in [9.17, 15) is 0 Å². The lowest BCUT2D eigenvalue weighted by molar-refractivity contribution is 0.327. The molecule has 0 saturated carbocycles. The number of hydrogen-bond donors (Lipinski definition) is 1. The predicted octanol–water partition coefficient (Wildman–Crippen LogP) is 2.16. The molecule has 4 heteroatoms. The van der Waals surface area contributed by atoms with Crippen LogP contribution in [0.4, 0.5) is 0 Å². The first-order valence-corrected chi connectivity index (χ1v) is 4.76. The Morgan fingerprint density at radius 3 is 3.20 bits per heavy atom. The van der Waals surface area contributed by atoms with Gasteiger partial charge in [0.25, 0.3) is 0 Å². The summed E-state index contributed by atoms with van der Waals surface area (Å²) in [4.78, 5) is 7.42. The minimum Gasteiger partial charge on any atom is -0.492 e. The molecule has 2 rings (SSSR count). The van der Waals surface area contributed by atoms with Gasteiger partial charge >= 0.3 is 0 Å². The Hall–Kier alpha value is -2.02. The van der Waals surface area contributed by atoms with Crippen LogP contribution in [0.3, 0.4) is 0 Å². The lowest BCUT2D eigenvalue weighted by Crippen LogP contribution is -1.95. The summed E-state index contributed by atoms with van der Waals surface area (Å²) in [6.45, 7) is 2.34. The molecule has 0 aliphatic carbocycles. The van der Waals surface area contributed by atoms with Crippen LogP contribution in [-0.4, -0.2) is 16.6 Å². The molecule has 0 radical (unpaired) electrons. The van der Waals surface area contributed by atoms with Crippen molar-refractivity contribution in [2.24, 2.45) is 0 Å². The SMILES string of the molecule is Cc1nc2ccc(OCCC#N)cc2[nH]1. The lowest BCUT2D eigenvalue weighted by Gasteiger charge is -2.02. The van der Waals surface area contributed by atoms with Gasteiger partial charge in [0.2, 0.25) is 0 Å². The first kappa shape index (κ1) is 9.53. The maximum atomic E-state index is 8.37. The summed E-state index contributed by atoms with van der Waals surface area (Å²) in [7, 11) is 0. The molecule has 0 amide bonds. The number of ether oxygens (including phenoxy) is 1. The van der Waals surface area contributed by atoms with Crippen LogP contribution in [0.25, 0.3) is 11.0 Å². The summed E-state index contributed by atoms with van der Waals surface area (Å²) in [5.74, 6) is 1.65. The number of aryl methyl sites for hydroxylation is 1. The summed E-state index contributed by atoms with van der Waals surface area (Å²) in [5, 5.41) is 8.37. The molecule has 0 aliphatic rings. The van der Waals surface area contributed by atoms with Crippen LogP contribution in [0.2, 0.25) is 0 Å². The highest BCUT2D eigenvalue weighted by molar-refractivity contribution is 5.76. The van der Waals surface area contributed by atoms with E-state index in [0.29, 0.717) is 13.0 Å². The van der Waals surface area contributed by atoms with Crippen molar-refractivity contribution in [3.05, 3.63) is 24.0 Å². The molecule has 15 heavy (non-hydrogen) atoms. The first-order valence-electron chi connectivity index (χ1n) is 4.76. The number of aromatic nitrogens is 2. The van der Waals surface area contributed by atoms with E-state index < -0.39 is 0 Å². The highest BCUT2D eigenvalue weighted by Gasteiger charge is 2.00. The molecule has 1 aromatic carbocycles. The molecule has 0 fully saturated rings. The van der Waals surface area contributed by atoms with Crippen LogP contribution in [0.5, 0.6) is 5.75 Å². The van der Waals surface area contributed by atoms with Crippen molar-refractivity contribution >= 4 is 11.0 Å². The fraction of sp³-hybridized carbons (Fsp3) is 0.273. The average Bonchev–Trinajstić information content (AvgIpc) is 2.57. The molecule has 1 aromatic heterocycles. The van der Waals surface area contributed by atoms with Crippen LogP contribution in [0, 0.1) is 18.3 Å². The molecule has 1 N–H and O–H groups in total. The molecular weight excluding hydrogens is 190 g/mol. The van der Waals surface area contributed by atoms with Gasteiger partial charge in [-0.1, -0.05) is 0 Å². The highest BCUT2D eigenvalue weighted by atomic mass is 16.5. The molecule has 0 aliphatic heterocycles. The number of nitrogens with one attached hydrogen (secondary N) is 1. The van der Waals surface area contributed by atoms with E-state index >= 15 is 0 Å². The normalized spacial score (nSPS) is 10.1. The van der Waals surface area contributed by atoms with Gasteiger partial charge in [-0.2, -0.15) is 5.26 Å². The van der Waals surface area contributed by atoms with E-state index in [-0.39, 0.29) is 0 Å². The second-order valence-corrected chi connectivity index (χ2v) is 3.26. The predicted molar refractivity (Wildman–Crippen MR) is 56.6 cm³/mol. The van der Waals surface area contributed by atoms with E-state index in [2.05, 4.69) is 9.97 Å². The molecule has 76 valence electrons. The van der Waals surface area contributed by atoms with E-state index in [1.54, 1.807) is 0 Å². The second-order valence-electron chi connectivity index (χ2n) is 3.26. The Morgan fingerprint density at radius 1 is 1.53 bits per heavy atom. The number of hydrogen-bond acceptors (Lipinski definition) is 3. The Kier molecular flexibility index (Phi) is 2.55. The Balaban J connectivity index is 2.19. The van der Waals surface area contributed by atoms with Crippen molar-refractivity contribution in [3.8, 4) is 11.8 Å². The van der Waals surface area contributed by atoms with Crippen molar-refractivity contribution in [1.29, 1.82) is 5.26 Å². The third-order valence-corrected chi connectivity index (χ3v) is 2.05. The Bertz CT molecular complexity index is 510. The van der Waals surface area contributed by atoms with Crippen LogP contribution < -0.4 is 4.74 Å². The maximum Gasteiger partial charge on any atom is 0.121 e. The largest absolute Gasteiger partial charge is 0.492 e. The monoisotopic (exact) mass is 201 g/mol. The number of fused-ring (bicyclic) bond motifs is 1. The van der Waals surface area contributed by atoms with Gasteiger partial charge in [-0.25, -0.2) is 4.98 Å². The number of imidazole rings is 1. The van der Waals surface area contributed by atoms with Crippen LogP contribution in [-0.2, 0) is 0 Å². The number of aromatic amines is 1. The van der Waals surface area contributed by atoms with Gasteiger partial charge in [0, 0.05) is 6.07 Å². The van der Waals surface area contributed by atoms with E-state index in [0.717, 1.165) is 22.6 Å². The molecular formula is C11H11N3O. The number of rotatable bonds is 3. The smallest absolute Gasteiger partial charge is 0.121 e. The highest BCUT2D eigenvalue weighted by Crippen LogP contribution is 2.18. The zero-order valence-electron chi connectivity index (χ0n) is 8.45. The van der Waals surface area contributed by atoms with Gasteiger partial charge in [0.05, 0.1) is 23.5 Å². The molecule has 0 saturated heterocycles. The average molecular weight is 201 g/mol. The zero-order chi connectivity index (χ0) is 10.7. The quantitative estimate of drug-likeness (QED) is 0.774. The number of benzene rings is 1. The zero-order valence-corrected chi connectivity index (χ0v) is 8.45. The molecule has 2 aromatic rings. The first-order chi connectivity index (χ1) is 7.29. The third kappa shape index (κ3) is 2.08.